The molecule has 0 fully saturated rings. The van der Waals surface area contributed by atoms with Crippen molar-refractivity contribution in [3.8, 4) is 0 Å². The monoisotopic (exact) mass is 373 g/mol. The molecule has 0 saturated carbocycles. The Morgan fingerprint density at radius 3 is 2.75 bits per heavy atom. The third-order valence-electron chi connectivity index (χ3n) is 2.46. The second kappa shape index (κ2) is 6.97. The highest BCUT2D eigenvalue weighted by atomic mass is 79.9. The van der Waals surface area contributed by atoms with Crippen molar-refractivity contribution in [1.29, 1.82) is 0 Å². The lowest BCUT2D eigenvalue weighted by Crippen LogP contribution is -2.20. The summed E-state index contributed by atoms with van der Waals surface area (Å²) in [5.74, 6) is 0.361. The molecule has 2 aromatic rings. The molecule has 3 nitrogen and oxygen atoms in total. The molecule has 2 rings (SSSR count). The minimum atomic E-state index is -0.233. The topological polar surface area (TPSA) is 42.2 Å². The van der Waals surface area contributed by atoms with Crippen LogP contribution in [0, 0.1) is 0 Å². The molecule has 0 bridgehead atoms. The van der Waals surface area contributed by atoms with Crippen molar-refractivity contribution in [1.82, 2.24) is 5.32 Å². The van der Waals surface area contributed by atoms with Gasteiger partial charge in [-0.1, -0.05) is 29.3 Å². The van der Waals surface area contributed by atoms with Crippen molar-refractivity contribution in [2.75, 3.05) is 0 Å². The predicted molar refractivity (Wildman–Crippen MR) is 83.8 cm³/mol. The van der Waals surface area contributed by atoms with Gasteiger partial charge in [0.2, 0.25) is 5.91 Å². The zero-order valence-corrected chi connectivity index (χ0v) is 13.3. The number of carbonyl (C=O) groups excluding carboxylic acids is 1. The average molecular weight is 375 g/mol. The maximum Gasteiger partial charge on any atom is 0.244 e. The molecule has 1 amide bonds. The second-order valence-electron chi connectivity index (χ2n) is 3.93. The van der Waals surface area contributed by atoms with Crippen LogP contribution in [0.3, 0.4) is 0 Å². The summed E-state index contributed by atoms with van der Waals surface area (Å²) in [5, 5.41) is 3.82. The lowest BCUT2D eigenvalue weighted by atomic mass is 10.2. The van der Waals surface area contributed by atoms with Crippen LogP contribution in [0.4, 0.5) is 0 Å². The summed E-state index contributed by atoms with van der Waals surface area (Å²) in [4.78, 5) is 11.7. The molecule has 0 atom stereocenters. The Balaban J connectivity index is 1.90. The SMILES string of the molecule is O=C(/C=C/c1ccc(Br)o1)NCc1ccc(Cl)cc1Cl. The van der Waals surface area contributed by atoms with Gasteiger partial charge in [0.1, 0.15) is 5.76 Å². The zero-order valence-electron chi connectivity index (χ0n) is 10.2. The standard InChI is InChI=1S/C14H10BrCl2NO2/c15-13-5-3-11(20-13)4-6-14(19)18-8-9-1-2-10(16)7-12(9)17/h1-7H,8H2,(H,18,19)/b6-4+. The van der Waals surface area contributed by atoms with Crippen molar-refractivity contribution < 1.29 is 9.21 Å². The lowest BCUT2D eigenvalue weighted by Gasteiger charge is -2.05. The molecule has 6 heteroatoms. The van der Waals surface area contributed by atoms with Crippen molar-refractivity contribution in [2.45, 2.75) is 6.54 Å². The smallest absolute Gasteiger partial charge is 0.244 e. The maximum atomic E-state index is 11.7. The summed E-state index contributed by atoms with van der Waals surface area (Å²) in [5.41, 5.74) is 0.804. The highest BCUT2D eigenvalue weighted by Crippen LogP contribution is 2.20. The van der Waals surface area contributed by atoms with Crippen LogP contribution in [-0.4, -0.2) is 5.91 Å². The van der Waals surface area contributed by atoms with E-state index in [-0.39, 0.29) is 5.91 Å². The molecule has 0 aliphatic heterocycles. The van der Waals surface area contributed by atoms with Gasteiger partial charge in [-0.05, 0) is 51.8 Å². The molecule has 0 saturated heterocycles. The van der Waals surface area contributed by atoms with E-state index in [1.54, 1.807) is 36.4 Å². The van der Waals surface area contributed by atoms with E-state index in [4.69, 9.17) is 27.6 Å². The van der Waals surface area contributed by atoms with Crippen molar-refractivity contribution in [3.63, 3.8) is 0 Å². The highest BCUT2D eigenvalue weighted by molar-refractivity contribution is 9.10. The van der Waals surface area contributed by atoms with Crippen LogP contribution < -0.4 is 5.32 Å². The first-order chi connectivity index (χ1) is 9.54. The normalized spacial score (nSPS) is 10.9. The number of benzene rings is 1. The summed E-state index contributed by atoms with van der Waals surface area (Å²) < 4.78 is 5.86. The first kappa shape index (κ1) is 15.2. The highest BCUT2D eigenvalue weighted by Gasteiger charge is 2.03. The first-order valence-electron chi connectivity index (χ1n) is 5.70. The number of rotatable bonds is 4. The summed E-state index contributed by atoms with van der Waals surface area (Å²) in [6.45, 7) is 0.334. The number of nitrogens with one attached hydrogen (secondary N) is 1. The van der Waals surface area contributed by atoms with E-state index in [9.17, 15) is 4.79 Å². The molecule has 0 radical (unpaired) electrons. The van der Waals surface area contributed by atoms with Gasteiger partial charge in [-0.2, -0.15) is 0 Å². The Morgan fingerprint density at radius 2 is 2.10 bits per heavy atom. The number of hydrogen-bond donors (Lipinski definition) is 1. The Kier molecular flexibility index (Phi) is 5.29. The summed E-state index contributed by atoms with van der Waals surface area (Å²) in [7, 11) is 0. The molecule has 0 aliphatic carbocycles. The van der Waals surface area contributed by atoms with Crippen LogP contribution in [0.15, 0.2) is 45.5 Å². The van der Waals surface area contributed by atoms with Gasteiger partial charge < -0.3 is 9.73 Å². The molecule has 104 valence electrons. The minimum absolute atomic E-state index is 0.233. The number of amides is 1. The van der Waals surface area contributed by atoms with Crippen LogP contribution in [0.1, 0.15) is 11.3 Å². The fourth-order valence-corrected chi connectivity index (χ4v) is 2.28. The van der Waals surface area contributed by atoms with E-state index in [0.717, 1.165) is 5.56 Å². The molecular formula is C14H10BrCl2NO2. The quantitative estimate of drug-likeness (QED) is 0.789. The maximum absolute atomic E-state index is 11.7. The lowest BCUT2D eigenvalue weighted by molar-refractivity contribution is -0.116. The van der Waals surface area contributed by atoms with Gasteiger partial charge in [-0.15, -0.1) is 0 Å². The molecule has 0 spiro atoms. The van der Waals surface area contributed by atoms with Gasteiger partial charge in [0.25, 0.3) is 0 Å². The molecular weight excluding hydrogens is 365 g/mol. The molecule has 1 aromatic heterocycles. The Labute approximate surface area is 134 Å². The Hall–Kier alpha value is -1.23. The van der Waals surface area contributed by atoms with Crippen LogP contribution in [-0.2, 0) is 11.3 Å². The Morgan fingerprint density at radius 1 is 1.30 bits per heavy atom. The number of carbonyl (C=O) groups is 1. The number of hydrogen-bond acceptors (Lipinski definition) is 2. The first-order valence-corrected chi connectivity index (χ1v) is 7.24. The predicted octanol–water partition coefficient (Wildman–Crippen LogP) is 4.68. The Bertz CT molecular complexity index is 652. The van der Waals surface area contributed by atoms with Gasteiger partial charge >= 0.3 is 0 Å². The van der Waals surface area contributed by atoms with Crippen LogP contribution in [0.2, 0.25) is 10.0 Å². The van der Waals surface area contributed by atoms with E-state index in [2.05, 4.69) is 21.2 Å². The molecule has 1 aromatic carbocycles. The zero-order chi connectivity index (χ0) is 14.5. The van der Waals surface area contributed by atoms with E-state index in [0.29, 0.717) is 27.0 Å². The van der Waals surface area contributed by atoms with Crippen LogP contribution >= 0.6 is 39.1 Å². The van der Waals surface area contributed by atoms with Crippen molar-refractivity contribution in [2.24, 2.45) is 0 Å². The van der Waals surface area contributed by atoms with E-state index >= 15 is 0 Å². The van der Waals surface area contributed by atoms with E-state index in [1.165, 1.54) is 6.08 Å². The van der Waals surface area contributed by atoms with Gasteiger partial charge in [0, 0.05) is 22.7 Å². The minimum Gasteiger partial charge on any atom is -0.450 e. The summed E-state index contributed by atoms with van der Waals surface area (Å²) in [6, 6.07) is 8.65. The van der Waals surface area contributed by atoms with E-state index in [1.807, 2.05) is 0 Å². The van der Waals surface area contributed by atoms with Crippen LogP contribution in [0.5, 0.6) is 0 Å². The number of furan rings is 1. The second-order valence-corrected chi connectivity index (χ2v) is 5.55. The van der Waals surface area contributed by atoms with E-state index < -0.39 is 0 Å². The van der Waals surface area contributed by atoms with Gasteiger partial charge in [-0.3, -0.25) is 4.79 Å². The van der Waals surface area contributed by atoms with Gasteiger partial charge in [0.15, 0.2) is 4.67 Å². The summed E-state index contributed by atoms with van der Waals surface area (Å²) in [6.07, 6.45) is 2.98. The third kappa shape index (κ3) is 4.40. The molecule has 1 N–H and O–H groups in total. The van der Waals surface area contributed by atoms with Crippen LogP contribution in [0.25, 0.3) is 6.08 Å². The largest absolute Gasteiger partial charge is 0.450 e. The third-order valence-corrected chi connectivity index (χ3v) is 3.47. The average Bonchev–Trinajstić information content (AvgIpc) is 2.81. The fourth-order valence-electron chi connectivity index (χ4n) is 1.48. The fraction of sp³-hybridized carbons (Fsp3) is 0.0714. The molecule has 0 unspecified atom stereocenters. The van der Waals surface area contributed by atoms with Gasteiger partial charge in [0.05, 0.1) is 0 Å². The molecule has 0 aliphatic rings. The summed E-state index contributed by atoms with van der Waals surface area (Å²) >= 11 is 15.0. The molecule has 1 heterocycles. The molecule has 20 heavy (non-hydrogen) atoms. The van der Waals surface area contributed by atoms with Crippen molar-refractivity contribution in [3.05, 3.63) is 62.4 Å². The number of halogens is 3. The van der Waals surface area contributed by atoms with Crippen molar-refractivity contribution >= 4 is 51.1 Å². The van der Waals surface area contributed by atoms with Gasteiger partial charge in [-0.25, -0.2) is 0 Å².